The van der Waals surface area contributed by atoms with E-state index in [4.69, 9.17) is 0 Å². The van der Waals surface area contributed by atoms with Crippen molar-refractivity contribution in [2.75, 3.05) is 6.61 Å². The Morgan fingerprint density at radius 2 is 1.54 bits per heavy atom. The van der Waals surface area contributed by atoms with Crippen molar-refractivity contribution in [2.45, 2.75) is 105 Å². The van der Waals surface area contributed by atoms with Gasteiger partial charge in [-0.25, -0.2) is 0 Å². The van der Waals surface area contributed by atoms with E-state index >= 15 is 0 Å². The van der Waals surface area contributed by atoms with Crippen LogP contribution in [0.1, 0.15) is 115 Å². The summed E-state index contributed by atoms with van der Waals surface area (Å²) >= 11 is 0. The molecule has 2 N–H and O–H groups in total. The highest BCUT2D eigenvalue weighted by Gasteiger charge is 2.71. The lowest BCUT2D eigenvalue weighted by Crippen LogP contribution is -2.67. The molecule has 0 bridgehead atoms. The lowest BCUT2D eigenvalue weighted by atomic mass is 9.32. The average molecular weight is 561 g/mol. The van der Waals surface area contributed by atoms with Crippen LogP contribution in [0.25, 0.3) is 6.08 Å². The Hall–Kier alpha value is -1.78. The number of aldehydes is 1. The first-order chi connectivity index (χ1) is 19.4. The Morgan fingerprint density at radius 3 is 2.22 bits per heavy atom. The molecule has 5 aliphatic carbocycles. The quantitative estimate of drug-likeness (QED) is 0.289. The fraction of sp³-hybridized carbons (Fsp3) is 0.730. The number of aliphatic hydroxyl groups excluding tert-OH is 2. The van der Waals surface area contributed by atoms with Gasteiger partial charge >= 0.3 is 0 Å². The van der Waals surface area contributed by atoms with Gasteiger partial charge in [0.2, 0.25) is 0 Å². The molecule has 0 saturated heterocycles. The number of hydrogen-bond acceptors (Lipinski definition) is 4. The summed E-state index contributed by atoms with van der Waals surface area (Å²) in [4.78, 5) is 24.9. The average Bonchev–Trinajstić information content (AvgIpc) is 3.35. The van der Waals surface area contributed by atoms with Gasteiger partial charge in [0.05, 0.1) is 6.10 Å². The van der Waals surface area contributed by atoms with E-state index in [0.29, 0.717) is 23.3 Å². The Bertz CT molecular complexity index is 1220. The van der Waals surface area contributed by atoms with E-state index in [9.17, 15) is 19.8 Å². The molecule has 10 atom stereocenters. The molecule has 0 amide bonds. The Kier molecular flexibility index (Phi) is 7.06. The Labute approximate surface area is 247 Å². The fourth-order valence-electron chi connectivity index (χ4n) is 12.3. The molecule has 0 spiro atoms. The molecular weight excluding hydrogens is 508 g/mol. The second-order valence-electron chi connectivity index (χ2n) is 16.3. The molecular formula is C37H52O4. The van der Waals surface area contributed by atoms with E-state index in [-0.39, 0.29) is 57.4 Å². The van der Waals surface area contributed by atoms with Crippen LogP contribution in [-0.2, 0) is 4.79 Å². The first-order valence-corrected chi connectivity index (χ1v) is 16.4. The van der Waals surface area contributed by atoms with Gasteiger partial charge in [0.1, 0.15) is 6.29 Å². The minimum atomic E-state index is -0.210. The second kappa shape index (κ2) is 9.88. The van der Waals surface area contributed by atoms with Crippen molar-refractivity contribution in [3.8, 4) is 0 Å². The smallest absolute Gasteiger partial charge is 0.159 e. The van der Waals surface area contributed by atoms with Crippen LogP contribution in [0.5, 0.6) is 0 Å². The van der Waals surface area contributed by atoms with Gasteiger partial charge in [0, 0.05) is 18.1 Å². The van der Waals surface area contributed by atoms with Crippen molar-refractivity contribution >= 4 is 18.1 Å². The zero-order valence-electron chi connectivity index (χ0n) is 26.0. The van der Waals surface area contributed by atoms with E-state index < -0.39 is 0 Å². The molecule has 0 aromatic heterocycles. The molecule has 1 aromatic carbocycles. The van der Waals surface area contributed by atoms with Crippen molar-refractivity contribution in [3.05, 3.63) is 41.5 Å². The van der Waals surface area contributed by atoms with E-state index in [0.717, 1.165) is 56.8 Å². The lowest BCUT2D eigenvalue weighted by Gasteiger charge is -2.72. The number of allylic oxidation sites excluding steroid dienone is 1. The molecule has 0 radical (unpaired) electrons. The minimum Gasteiger partial charge on any atom is -0.396 e. The van der Waals surface area contributed by atoms with Gasteiger partial charge in [0.15, 0.2) is 5.78 Å². The van der Waals surface area contributed by atoms with E-state index in [1.54, 1.807) is 18.2 Å². The largest absolute Gasteiger partial charge is 0.396 e. The number of ketones is 1. The van der Waals surface area contributed by atoms with Crippen molar-refractivity contribution in [1.29, 1.82) is 0 Å². The summed E-state index contributed by atoms with van der Waals surface area (Å²) in [5, 5.41) is 21.9. The Balaban J connectivity index is 1.31. The maximum Gasteiger partial charge on any atom is 0.159 e. The Morgan fingerprint density at radius 1 is 0.829 bits per heavy atom. The summed E-state index contributed by atoms with van der Waals surface area (Å²) in [6.07, 6.45) is 15.1. The van der Waals surface area contributed by atoms with Gasteiger partial charge in [0.25, 0.3) is 0 Å². The van der Waals surface area contributed by atoms with Gasteiger partial charge < -0.3 is 10.2 Å². The van der Waals surface area contributed by atoms with Crippen LogP contribution < -0.4 is 0 Å². The standard InChI is InChI=1S/C37H52O4/c1-33(2)29-15-18-36(5)30(34(29,3)17-16-31(33)41)13-11-27-32-26(14-19-37(32,23-39)21-20-35(27,36)4)28(40)12-10-24-6-8-25(22-38)9-7-24/h6-10,12,22,26-27,29-32,39,41H,11,13-21,23H2,1-5H3/b12-10+/t26-,27+,29-,30+,31-,32+,34-,35+,36+,37+/m0/s1. The first-order valence-electron chi connectivity index (χ1n) is 16.4. The molecule has 4 nitrogen and oxygen atoms in total. The zero-order valence-corrected chi connectivity index (χ0v) is 26.0. The molecule has 0 heterocycles. The van der Waals surface area contributed by atoms with E-state index in [1.807, 2.05) is 18.2 Å². The van der Waals surface area contributed by atoms with Gasteiger partial charge in [-0.1, -0.05) is 65.0 Å². The number of rotatable bonds is 5. The maximum absolute atomic E-state index is 13.9. The summed E-state index contributed by atoms with van der Waals surface area (Å²) in [5.74, 6) is 2.03. The third-order valence-electron chi connectivity index (χ3n) is 14.8. The number of fused-ring (bicyclic) bond motifs is 7. The van der Waals surface area contributed by atoms with Crippen LogP contribution in [0.3, 0.4) is 0 Å². The van der Waals surface area contributed by atoms with Crippen molar-refractivity contribution in [1.82, 2.24) is 0 Å². The van der Waals surface area contributed by atoms with Gasteiger partial charge in [-0.2, -0.15) is 0 Å². The fourth-order valence-corrected chi connectivity index (χ4v) is 12.3. The van der Waals surface area contributed by atoms with Gasteiger partial charge in [-0.3, -0.25) is 9.59 Å². The number of carbonyl (C=O) groups is 2. The molecule has 41 heavy (non-hydrogen) atoms. The van der Waals surface area contributed by atoms with Crippen molar-refractivity contribution in [3.63, 3.8) is 0 Å². The number of carbonyl (C=O) groups excluding carboxylic acids is 2. The van der Waals surface area contributed by atoms with Gasteiger partial charge in [-0.15, -0.1) is 0 Å². The first kappa shape index (κ1) is 29.3. The number of benzene rings is 1. The summed E-state index contributed by atoms with van der Waals surface area (Å²) in [6.45, 7) is 12.5. The highest BCUT2D eigenvalue weighted by molar-refractivity contribution is 5.96. The molecule has 4 heteroatoms. The molecule has 5 fully saturated rings. The molecule has 224 valence electrons. The molecule has 5 aliphatic rings. The molecule has 0 unspecified atom stereocenters. The SMILES string of the molecule is CC1(C)[C@@H](O)CC[C@]2(C)[C@H]3CC[C@@H]4[C@H]5[C@H](C(=O)/C=C/c6ccc(C=O)cc6)CC[C@]5(CO)CC[C@@]4(C)[C@]3(C)CC[C@@H]12. The zero-order chi connectivity index (χ0) is 29.4. The third kappa shape index (κ3) is 4.05. The van der Waals surface area contributed by atoms with Crippen LogP contribution in [0, 0.1) is 56.7 Å². The van der Waals surface area contributed by atoms with E-state index in [2.05, 4.69) is 34.6 Å². The minimum absolute atomic E-state index is 0.0342. The molecule has 6 rings (SSSR count). The lowest BCUT2D eigenvalue weighted by molar-refractivity contribution is -0.249. The predicted molar refractivity (Wildman–Crippen MR) is 163 cm³/mol. The summed E-state index contributed by atoms with van der Waals surface area (Å²) in [5.41, 5.74) is 1.97. The summed E-state index contributed by atoms with van der Waals surface area (Å²) in [7, 11) is 0. The summed E-state index contributed by atoms with van der Waals surface area (Å²) < 4.78 is 0. The normalized spacial score (nSPS) is 46.7. The monoisotopic (exact) mass is 560 g/mol. The van der Waals surface area contributed by atoms with Crippen LogP contribution in [0.2, 0.25) is 0 Å². The van der Waals surface area contributed by atoms with E-state index in [1.165, 1.54) is 19.3 Å². The van der Waals surface area contributed by atoms with Gasteiger partial charge in [-0.05, 0) is 127 Å². The molecule has 1 aromatic rings. The topological polar surface area (TPSA) is 74.6 Å². The molecule has 0 aliphatic heterocycles. The predicted octanol–water partition coefficient (Wildman–Crippen LogP) is 7.52. The number of hydrogen-bond donors (Lipinski definition) is 2. The second-order valence-corrected chi connectivity index (χ2v) is 16.3. The van der Waals surface area contributed by atoms with Crippen LogP contribution in [-0.4, -0.2) is 35.0 Å². The maximum atomic E-state index is 13.9. The van der Waals surface area contributed by atoms with Crippen molar-refractivity contribution < 1.29 is 19.8 Å². The van der Waals surface area contributed by atoms with Crippen LogP contribution >= 0.6 is 0 Å². The highest BCUT2D eigenvalue weighted by atomic mass is 16.3. The molecule has 5 saturated carbocycles. The van der Waals surface area contributed by atoms with Crippen LogP contribution in [0.15, 0.2) is 30.3 Å². The summed E-state index contributed by atoms with van der Waals surface area (Å²) in [6, 6.07) is 7.36. The van der Waals surface area contributed by atoms with Crippen LogP contribution in [0.4, 0.5) is 0 Å². The highest BCUT2D eigenvalue weighted by Crippen LogP contribution is 2.77. The number of aliphatic hydroxyl groups is 2. The van der Waals surface area contributed by atoms with Crippen molar-refractivity contribution in [2.24, 2.45) is 56.7 Å². The third-order valence-corrected chi connectivity index (χ3v) is 14.8.